The Balaban J connectivity index is 1.67. The number of hydrogen-bond acceptors (Lipinski definition) is 5. The maximum absolute atomic E-state index is 12.9. The molecule has 0 fully saturated rings. The predicted molar refractivity (Wildman–Crippen MR) is 106 cm³/mol. The van der Waals surface area contributed by atoms with Crippen LogP contribution in [0.2, 0.25) is 0 Å². The van der Waals surface area contributed by atoms with Crippen LogP contribution >= 0.6 is 0 Å². The lowest BCUT2D eigenvalue weighted by Crippen LogP contribution is -2.23. The van der Waals surface area contributed by atoms with Gasteiger partial charge >= 0.3 is 12.1 Å². The van der Waals surface area contributed by atoms with Crippen LogP contribution < -0.4 is 15.2 Å². The second-order valence-corrected chi connectivity index (χ2v) is 6.63. The highest BCUT2D eigenvalue weighted by Crippen LogP contribution is 2.25. The van der Waals surface area contributed by atoms with Crippen LogP contribution in [0.25, 0.3) is 16.6 Å². The van der Waals surface area contributed by atoms with Crippen LogP contribution in [0.15, 0.2) is 65.7 Å². The summed E-state index contributed by atoms with van der Waals surface area (Å²) in [4.78, 5) is 17.2. The van der Waals surface area contributed by atoms with E-state index in [9.17, 15) is 23.1 Å². The van der Waals surface area contributed by atoms with Gasteiger partial charge in [0.2, 0.25) is 5.88 Å². The van der Waals surface area contributed by atoms with Gasteiger partial charge in [-0.2, -0.15) is 0 Å². The number of aromatic nitrogens is 3. The van der Waals surface area contributed by atoms with Gasteiger partial charge in [-0.1, -0.05) is 0 Å². The van der Waals surface area contributed by atoms with E-state index in [1.54, 1.807) is 31.5 Å². The van der Waals surface area contributed by atoms with Crippen molar-refractivity contribution in [1.82, 2.24) is 14.1 Å². The van der Waals surface area contributed by atoms with E-state index in [0.717, 1.165) is 27.6 Å². The molecule has 0 bridgehead atoms. The predicted octanol–water partition coefficient (Wildman–Crippen LogP) is 3.85. The van der Waals surface area contributed by atoms with Gasteiger partial charge in [-0.05, 0) is 48.0 Å². The van der Waals surface area contributed by atoms with Gasteiger partial charge in [0.15, 0.2) is 0 Å². The lowest BCUT2D eigenvalue weighted by molar-refractivity contribution is -0.274. The highest BCUT2D eigenvalue weighted by Gasteiger charge is 2.31. The number of benzene rings is 2. The molecule has 0 unspecified atom stereocenters. The molecule has 2 aromatic carbocycles. The van der Waals surface area contributed by atoms with Crippen LogP contribution in [-0.2, 0) is 6.54 Å². The van der Waals surface area contributed by atoms with Crippen molar-refractivity contribution in [3.05, 3.63) is 77.0 Å². The van der Waals surface area contributed by atoms with Crippen molar-refractivity contribution in [2.45, 2.75) is 12.9 Å². The van der Waals surface area contributed by atoms with Gasteiger partial charge in [-0.15, -0.1) is 13.2 Å². The van der Waals surface area contributed by atoms with Crippen molar-refractivity contribution in [2.24, 2.45) is 0 Å². The first-order valence-corrected chi connectivity index (χ1v) is 9.04. The Morgan fingerprint density at radius 1 is 1.06 bits per heavy atom. The third-order valence-electron chi connectivity index (χ3n) is 4.65. The molecule has 1 N–H and O–H groups in total. The maximum atomic E-state index is 12.9. The fourth-order valence-electron chi connectivity index (χ4n) is 3.27. The van der Waals surface area contributed by atoms with Crippen molar-refractivity contribution in [3.8, 4) is 23.1 Å². The minimum Gasteiger partial charge on any atom is -0.497 e. The van der Waals surface area contributed by atoms with Crippen LogP contribution in [-0.4, -0.2) is 32.7 Å². The Morgan fingerprint density at radius 3 is 2.45 bits per heavy atom. The molecule has 0 aliphatic heterocycles. The van der Waals surface area contributed by atoms with Gasteiger partial charge in [0.05, 0.1) is 31.1 Å². The van der Waals surface area contributed by atoms with Gasteiger partial charge in [-0.3, -0.25) is 9.55 Å². The number of rotatable bonds is 5. The standard InChI is InChI=1S/C21H16F3N3O4/c1-30-16-6-7-17-13(8-9-25-18(17)10-16)11-26-12-19(28)27(20(26)29)14-2-4-15(5-3-14)31-21(22,23)24/h2-10,12,28H,11H2,1H3. The number of aromatic hydroxyl groups is 1. The average Bonchev–Trinajstić information content (AvgIpc) is 3.00. The van der Waals surface area contributed by atoms with Crippen LogP contribution in [0, 0.1) is 0 Å². The Hall–Kier alpha value is -3.95. The lowest BCUT2D eigenvalue weighted by atomic mass is 10.1. The molecular formula is C21H16F3N3O4. The van der Waals surface area contributed by atoms with Gasteiger partial charge in [0.25, 0.3) is 0 Å². The van der Waals surface area contributed by atoms with Crippen molar-refractivity contribution in [3.63, 3.8) is 0 Å². The molecular weight excluding hydrogens is 415 g/mol. The van der Waals surface area contributed by atoms with E-state index in [0.29, 0.717) is 11.3 Å². The van der Waals surface area contributed by atoms with Gasteiger partial charge in [-0.25, -0.2) is 9.36 Å². The third kappa shape index (κ3) is 4.18. The van der Waals surface area contributed by atoms with Crippen LogP contribution in [0.5, 0.6) is 17.4 Å². The Bertz CT molecular complexity index is 1290. The summed E-state index contributed by atoms with van der Waals surface area (Å²) < 4.78 is 48.3. The molecule has 0 saturated heterocycles. The zero-order valence-electron chi connectivity index (χ0n) is 16.1. The first-order chi connectivity index (χ1) is 14.7. The maximum Gasteiger partial charge on any atom is 0.573 e. The summed E-state index contributed by atoms with van der Waals surface area (Å²) in [7, 11) is 1.55. The average molecular weight is 431 g/mol. The first-order valence-electron chi connectivity index (χ1n) is 9.04. The molecule has 0 spiro atoms. The number of halogens is 3. The highest BCUT2D eigenvalue weighted by atomic mass is 19.4. The van der Waals surface area contributed by atoms with Crippen molar-refractivity contribution < 1.29 is 27.8 Å². The number of pyridine rings is 1. The smallest absolute Gasteiger partial charge is 0.497 e. The van der Waals surface area contributed by atoms with Crippen molar-refractivity contribution in [2.75, 3.05) is 7.11 Å². The molecule has 7 nitrogen and oxygen atoms in total. The summed E-state index contributed by atoms with van der Waals surface area (Å²) in [5.41, 5.74) is 1.12. The summed E-state index contributed by atoms with van der Waals surface area (Å²) in [5.74, 6) is -0.132. The van der Waals surface area contributed by atoms with E-state index >= 15 is 0 Å². The summed E-state index contributed by atoms with van der Waals surface area (Å²) in [6.07, 6.45) is -1.95. The van der Waals surface area contributed by atoms with Crippen LogP contribution in [0.3, 0.4) is 0 Å². The molecule has 0 atom stereocenters. The number of alkyl halides is 3. The number of fused-ring (bicyclic) bond motifs is 1. The number of nitrogens with zero attached hydrogens (tertiary/aromatic N) is 3. The molecule has 2 aromatic heterocycles. The van der Waals surface area contributed by atoms with Crippen LogP contribution in [0.1, 0.15) is 5.56 Å². The van der Waals surface area contributed by atoms with E-state index in [4.69, 9.17) is 4.74 Å². The molecule has 4 aromatic rings. The molecule has 0 amide bonds. The van der Waals surface area contributed by atoms with E-state index in [1.165, 1.54) is 22.9 Å². The first kappa shape index (κ1) is 20.3. The molecule has 0 radical (unpaired) electrons. The summed E-state index contributed by atoms with van der Waals surface area (Å²) in [5, 5.41) is 11.1. The molecule has 160 valence electrons. The fraction of sp³-hybridized carbons (Fsp3) is 0.143. The molecule has 2 heterocycles. The van der Waals surface area contributed by atoms with Gasteiger partial charge in [0, 0.05) is 17.6 Å². The number of methoxy groups -OCH3 is 1. The molecule has 4 rings (SSSR count). The molecule has 0 aliphatic rings. The number of ether oxygens (including phenoxy) is 2. The minimum atomic E-state index is -4.82. The van der Waals surface area contributed by atoms with Gasteiger partial charge < -0.3 is 14.6 Å². The third-order valence-corrected chi connectivity index (χ3v) is 4.65. The topological polar surface area (TPSA) is 78.5 Å². The summed E-state index contributed by atoms with van der Waals surface area (Å²) in [6, 6.07) is 11.8. The number of hydrogen-bond donors (Lipinski definition) is 1. The second-order valence-electron chi connectivity index (χ2n) is 6.63. The van der Waals surface area contributed by atoms with E-state index in [1.807, 2.05) is 6.07 Å². The fourth-order valence-corrected chi connectivity index (χ4v) is 3.27. The Kier molecular flexibility index (Phi) is 5.05. The quantitative estimate of drug-likeness (QED) is 0.519. The molecule has 31 heavy (non-hydrogen) atoms. The zero-order valence-corrected chi connectivity index (χ0v) is 16.1. The Morgan fingerprint density at radius 2 is 1.77 bits per heavy atom. The normalized spacial score (nSPS) is 11.6. The SMILES string of the molecule is COc1ccc2c(Cn3cc(O)n(-c4ccc(OC(F)(F)F)cc4)c3=O)ccnc2c1. The summed E-state index contributed by atoms with van der Waals surface area (Å²) >= 11 is 0. The molecule has 10 heteroatoms. The summed E-state index contributed by atoms with van der Waals surface area (Å²) in [6.45, 7) is 0.153. The largest absolute Gasteiger partial charge is 0.573 e. The van der Waals surface area contributed by atoms with Crippen LogP contribution in [0.4, 0.5) is 13.2 Å². The highest BCUT2D eigenvalue weighted by molar-refractivity contribution is 5.83. The van der Waals surface area contributed by atoms with Crippen molar-refractivity contribution >= 4 is 10.9 Å². The lowest BCUT2D eigenvalue weighted by Gasteiger charge is -2.09. The molecule has 0 saturated carbocycles. The molecule has 0 aliphatic carbocycles. The second kappa shape index (κ2) is 7.71. The minimum absolute atomic E-state index is 0.153. The monoisotopic (exact) mass is 431 g/mol. The number of imidazole rings is 1. The van der Waals surface area contributed by atoms with E-state index in [-0.39, 0.29) is 18.1 Å². The van der Waals surface area contributed by atoms with E-state index < -0.39 is 17.8 Å². The Labute approximate surface area is 173 Å². The zero-order chi connectivity index (χ0) is 22.2. The van der Waals surface area contributed by atoms with Gasteiger partial charge in [0.1, 0.15) is 11.5 Å². The van der Waals surface area contributed by atoms with E-state index in [2.05, 4.69) is 9.72 Å². The van der Waals surface area contributed by atoms with Crippen molar-refractivity contribution in [1.29, 1.82) is 0 Å².